The van der Waals surface area contributed by atoms with Crippen molar-refractivity contribution >= 4 is 5.91 Å². The van der Waals surface area contributed by atoms with Crippen LogP contribution in [0.25, 0.3) is 0 Å². The quantitative estimate of drug-likeness (QED) is 0.894. The molecule has 3 rings (SSSR count). The molecular weight excluding hydrogens is 328 g/mol. The van der Waals surface area contributed by atoms with Crippen molar-refractivity contribution in [3.05, 3.63) is 71.3 Å². The molecule has 1 saturated heterocycles. The van der Waals surface area contributed by atoms with Crippen LogP contribution in [0.3, 0.4) is 0 Å². The van der Waals surface area contributed by atoms with Gasteiger partial charge in [0.25, 0.3) is 5.91 Å². The zero-order chi connectivity index (χ0) is 17.9. The number of benzene rings is 2. The first-order valence-electron chi connectivity index (χ1n) is 8.10. The zero-order valence-electron chi connectivity index (χ0n) is 13.5. The second-order valence-corrected chi connectivity index (χ2v) is 6.12. The fraction of sp³-hybridized carbons (Fsp3) is 0.316. The molecular formula is C19H19F2NO3. The van der Waals surface area contributed by atoms with Crippen LogP contribution in [0.5, 0.6) is 0 Å². The highest BCUT2D eigenvalue weighted by molar-refractivity contribution is 5.82. The number of amides is 1. The fourth-order valence-electron chi connectivity index (χ4n) is 3.15. The standard InChI is InChI=1S/C19H19F2NO3/c20-14-6-7-15(16(21)12-14)19(8-10-25-11-9-19)22-18(24)17(23)13-4-2-1-3-5-13/h1-7,12,17,23H,8-11H2,(H,22,24)/t17-/m1/s1. The number of nitrogens with one attached hydrogen (secondary N) is 1. The van der Waals surface area contributed by atoms with Crippen LogP contribution in [0.2, 0.25) is 0 Å². The van der Waals surface area contributed by atoms with Crippen LogP contribution in [0.15, 0.2) is 48.5 Å². The van der Waals surface area contributed by atoms with Crippen LogP contribution in [0, 0.1) is 11.6 Å². The zero-order valence-corrected chi connectivity index (χ0v) is 13.5. The molecule has 0 spiro atoms. The molecule has 2 N–H and O–H groups in total. The average molecular weight is 347 g/mol. The first-order chi connectivity index (χ1) is 12.0. The molecule has 0 aliphatic carbocycles. The molecule has 0 radical (unpaired) electrons. The van der Waals surface area contributed by atoms with Gasteiger partial charge in [0.2, 0.25) is 0 Å². The van der Waals surface area contributed by atoms with Gasteiger partial charge in [0.15, 0.2) is 6.10 Å². The number of hydrogen-bond acceptors (Lipinski definition) is 3. The number of ether oxygens (including phenoxy) is 1. The number of carbonyl (C=O) groups is 1. The van der Waals surface area contributed by atoms with Crippen molar-refractivity contribution in [2.45, 2.75) is 24.5 Å². The van der Waals surface area contributed by atoms with Crippen LogP contribution in [0.4, 0.5) is 8.78 Å². The Hall–Kier alpha value is -2.31. The molecule has 6 heteroatoms. The predicted molar refractivity (Wildman–Crippen MR) is 87.6 cm³/mol. The third-order valence-electron chi connectivity index (χ3n) is 4.52. The first-order valence-corrected chi connectivity index (χ1v) is 8.10. The van der Waals surface area contributed by atoms with Gasteiger partial charge in [-0.3, -0.25) is 4.79 Å². The summed E-state index contributed by atoms with van der Waals surface area (Å²) in [5, 5.41) is 13.1. The lowest BCUT2D eigenvalue weighted by Gasteiger charge is -2.39. The summed E-state index contributed by atoms with van der Waals surface area (Å²) >= 11 is 0. The lowest BCUT2D eigenvalue weighted by molar-refractivity contribution is -0.133. The Balaban J connectivity index is 1.89. The van der Waals surface area contributed by atoms with E-state index < -0.39 is 29.2 Å². The number of rotatable bonds is 4. The fourth-order valence-corrected chi connectivity index (χ4v) is 3.15. The number of carbonyl (C=O) groups excluding carboxylic acids is 1. The van der Waals surface area contributed by atoms with Gasteiger partial charge in [-0.2, -0.15) is 0 Å². The SMILES string of the molecule is O=C(NC1(c2ccc(F)cc2F)CCOCC1)[C@H](O)c1ccccc1. The van der Waals surface area contributed by atoms with E-state index in [0.29, 0.717) is 31.6 Å². The molecule has 2 aromatic carbocycles. The summed E-state index contributed by atoms with van der Waals surface area (Å²) in [5.41, 5.74) is -0.393. The minimum absolute atomic E-state index is 0.200. The van der Waals surface area contributed by atoms with E-state index in [1.165, 1.54) is 6.07 Å². The van der Waals surface area contributed by atoms with Crippen LogP contribution in [0.1, 0.15) is 30.1 Å². The van der Waals surface area contributed by atoms with Crippen LogP contribution >= 0.6 is 0 Å². The van der Waals surface area contributed by atoms with Crippen molar-refractivity contribution in [1.29, 1.82) is 0 Å². The van der Waals surface area contributed by atoms with Crippen molar-refractivity contribution in [1.82, 2.24) is 5.32 Å². The molecule has 0 aromatic heterocycles. The van der Waals surface area contributed by atoms with Gasteiger partial charge in [-0.1, -0.05) is 36.4 Å². The van der Waals surface area contributed by atoms with E-state index in [2.05, 4.69) is 5.32 Å². The maximum absolute atomic E-state index is 14.4. The highest BCUT2D eigenvalue weighted by atomic mass is 19.1. The Bertz CT molecular complexity index is 746. The third-order valence-corrected chi connectivity index (χ3v) is 4.52. The van der Waals surface area contributed by atoms with Crippen LogP contribution in [-0.4, -0.2) is 24.2 Å². The highest BCUT2D eigenvalue weighted by Crippen LogP contribution is 2.34. The Kier molecular flexibility index (Phi) is 5.11. The second kappa shape index (κ2) is 7.29. The van der Waals surface area contributed by atoms with E-state index in [-0.39, 0.29) is 5.56 Å². The summed E-state index contributed by atoms with van der Waals surface area (Å²) in [5.74, 6) is -2.03. The van der Waals surface area contributed by atoms with E-state index in [4.69, 9.17) is 4.74 Å². The van der Waals surface area contributed by atoms with Crippen molar-refractivity contribution in [2.75, 3.05) is 13.2 Å². The molecule has 0 saturated carbocycles. The Morgan fingerprint density at radius 3 is 2.44 bits per heavy atom. The van der Waals surface area contributed by atoms with Crippen LogP contribution < -0.4 is 5.32 Å². The van der Waals surface area contributed by atoms with E-state index in [9.17, 15) is 18.7 Å². The molecule has 25 heavy (non-hydrogen) atoms. The molecule has 1 fully saturated rings. The summed E-state index contributed by atoms with van der Waals surface area (Å²) in [6.45, 7) is 0.664. The summed E-state index contributed by atoms with van der Waals surface area (Å²) in [6.07, 6.45) is -0.699. The summed E-state index contributed by atoms with van der Waals surface area (Å²) in [6, 6.07) is 11.8. The van der Waals surface area contributed by atoms with Crippen molar-refractivity contribution in [3.63, 3.8) is 0 Å². The average Bonchev–Trinajstić information content (AvgIpc) is 2.62. The van der Waals surface area contributed by atoms with E-state index in [0.717, 1.165) is 12.1 Å². The van der Waals surface area contributed by atoms with Crippen molar-refractivity contribution in [2.24, 2.45) is 0 Å². The smallest absolute Gasteiger partial charge is 0.254 e. The van der Waals surface area contributed by atoms with Gasteiger partial charge >= 0.3 is 0 Å². The van der Waals surface area contributed by atoms with E-state index in [1.807, 2.05) is 0 Å². The molecule has 1 heterocycles. The molecule has 1 atom stereocenters. The number of aliphatic hydroxyl groups excluding tert-OH is 1. The molecule has 1 aliphatic heterocycles. The van der Waals surface area contributed by atoms with Crippen molar-refractivity contribution < 1.29 is 23.4 Å². The first kappa shape index (κ1) is 17.5. The molecule has 1 amide bonds. The molecule has 2 aromatic rings. The largest absolute Gasteiger partial charge is 0.381 e. The summed E-state index contributed by atoms with van der Waals surface area (Å²) in [7, 11) is 0. The minimum atomic E-state index is -1.37. The molecule has 4 nitrogen and oxygen atoms in total. The van der Waals surface area contributed by atoms with Gasteiger partial charge in [0.1, 0.15) is 11.6 Å². The molecule has 0 unspecified atom stereocenters. The molecule has 1 aliphatic rings. The van der Waals surface area contributed by atoms with Gasteiger partial charge in [0, 0.05) is 24.8 Å². The monoisotopic (exact) mass is 347 g/mol. The minimum Gasteiger partial charge on any atom is -0.381 e. The number of hydrogen-bond donors (Lipinski definition) is 2. The Morgan fingerprint density at radius 2 is 1.80 bits per heavy atom. The van der Waals surface area contributed by atoms with Crippen LogP contribution in [-0.2, 0) is 15.1 Å². The third kappa shape index (κ3) is 3.70. The number of aliphatic hydroxyl groups is 1. The van der Waals surface area contributed by atoms with Crippen molar-refractivity contribution in [3.8, 4) is 0 Å². The van der Waals surface area contributed by atoms with Gasteiger partial charge < -0.3 is 15.2 Å². The van der Waals surface area contributed by atoms with Gasteiger partial charge in [-0.15, -0.1) is 0 Å². The summed E-state index contributed by atoms with van der Waals surface area (Å²) < 4.78 is 32.9. The Labute approximate surface area is 144 Å². The maximum atomic E-state index is 14.4. The lowest BCUT2D eigenvalue weighted by atomic mass is 9.82. The van der Waals surface area contributed by atoms with E-state index in [1.54, 1.807) is 30.3 Å². The topological polar surface area (TPSA) is 58.6 Å². The molecule has 0 bridgehead atoms. The predicted octanol–water partition coefficient (Wildman–Crippen LogP) is 2.82. The van der Waals surface area contributed by atoms with Gasteiger partial charge in [-0.25, -0.2) is 8.78 Å². The normalized spacial score (nSPS) is 17.7. The molecule has 132 valence electrons. The second-order valence-electron chi connectivity index (χ2n) is 6.12. The lowest BCUT2D eigenvalue weighted by Crippen LogP contribution is -2.51. The van der Waals surface area contributed by atoms with Gasteiger partial charge in [-0.05, 0) is 24.5 Å². The Morgan fingerprint density at radius 1 is 1.12 bits per heavy atom. The highest BCUT2D eigenvalue weighted by Gasteiger charge is 2.39. The maximum Gasteiger partial charge on any atom is 0.254 e. The van der Waals surface area contributed by atoms with E-state index >= 15 is 0 Å². The number of halogens is 2. The summed E-state index contributed by atoms with van der Waals surface area (Å²) in [4.78, 5) is 12.6. The van der Waals surface area contributed by atoms with Gasteiger partial charge in [0.05, 0.1) is 5.54 Å².